The van der Waals surface area contributed by atoms with Gasteiger partial charge in [0.1, 0.15) is 6.17 Å². The van der Waals surface area contributed by atoms with Crippen LogP contribution in [-0.4, -0.2) is 44.0 Å². The standard InChI is InChI=1S/C10H24N6/c1-4-13-7-10(14-5-2)16-9(12)6-15-8(3)11/h4-5,8-10,15-16H,6-7,11-12H2,1-3H3. The van der Waals surface area contributed by atoms with Crippen molar-refractivity contribution in [3.8, 4) is 0 Å². The highest BCUT2D eigenvalue weighted by Crippen LogP contribution is 1.88. The zero-order chi connectivity index (χ0) is 12.4. The van der Waals surface area contributed by atoms with Crippen LogP contribution in [0.4, 0.5) is 0 Å². The molecule has 6 N–H and O–H groups in total. The Morgan fingerprint density at radius 2 is 1.94 bits per heavy atom. The fourth-order valence-electron chi connectivity index (χ4n) is 1.15. The van der Waals surface area contributed by atoms with Crippen LogP contribution in [0.15, 0.2) is 9.98 Å². The molecule has 0 aromatic carbocycles. The van der Waals surface area contributed by atoms with E-state index in [9.17, 15) is 0 Å². The number of nitrogens with zero attached hydrogens (tertiary/aromatic N) is 2. The minimum Gasteiger partial charge on any atom is -0.316 e. The molecule has 0 spiro atoms. The van der Waals surface area contributed by atoms with Crippen molar-refractivity contribution in [2.24, 2.45) is 21.5 Å². The van der Waals surface area contributed by atoms with Gasteiger partial charge in [0, 0.05) is 6.54 Å². The molecule has 0 aliphatic heterocycles. The Hall–Kier alpha value is -0.820. The molecule has 94 valence electrons. The lowest BCUT2D eigenvalue weighted by molar-refractivity contribution is 0.409. The Kier molecular flexibility index (Phi) is 8.93. The third kappa shape index (κ3) is 8.49. The van der Waals surface area contributed by atoms with E-state index in [1.165, 1.54) is 0 Å². The van der Waals surface area contributed by atoms with Gasteiger partial charge in [0.05, 0.1) is 18.9 Å². The molecule has 0 aliphatic carbocycles. The first kappa shape index (κ1) is 15.2. The Bertz CT molecular complexity index is 213. The molecule has 0 saturated heterocycles. The Morgan fingerprint density at radius 1 is 1.25 bits per heavy atom. The van der Waals surface area contributed by atoms with E-state index in [1.807, 2.05) is 20.8 Å². The molecule has 0 fully saturated rings. The van der Waals surface area contributed by atoms with E-state index in [4.69, 9.17) is 11.5 Å². The second-order valence-corrected chi connectivity index (χ2v) is 3.52. The summed E-state index contributed by atoms with van der Waals surface area (Å²) in [6, 6.07) is 0. The van der Waals surface area contributed by atoms with Crippen molar-refractivity contribution in [1.29, 1.82) is 0 Å². The van der Waals surface area contributed by atoms with Crippen molar-refractivity contribution in [3.05, 3.63) is 0 Å². The van der Waals surface area contributed by atoms with Gasteiger partial charge < -0.3 is 11.5 Å². The molecule has 0 aromatic rings. The van der Waals surface area contributed by atoms with E-state index in [2.05, 4.69) is 20.6 Å². The number of hydrogen-bond acceptors (Lipinski definition) is 6. The van der Waals surface area contributed by atoms with Crippen LogP contribution in [0.5, 0.6) is 0 Å². The number of hydrogen-bond donors (Lipinski definition) is 4. The molecular formula is C10H24N6. The molecule has 0 radical (unpaired) electrons. The molecule has 6 nitrogen and oxygen atoms in total. The van der Waals surface area contributed by atoms with Gasteiger partial charge in [0.25, 0.3) is 0 Å². The average Bonchev–Trinajstić information content (AvgIpc) is 2.23. The first-order valence-electron chi connectivity index (χ1n) is 5.53. The summed E-state index contributed by atoms with van der Waals surface area (Å²) in [5.74, 6) is 0. The number of nitrogens with two attached hydrogens (primary N) is 2. The van der Waals surface area contributed by atoms with Crippen LogP contribution in [0.2, 0.25) is 0 Å². The summed E-state index contributed by atoms with van der Waals surface area (Å²) in [6.07, 6.45) is 3.17. The van der Waals surface area contributed by atoms with Crippen LogP contribution in [0.25, 0.3) is 0 Å². The van der Waals surface area contributed by atoms with Gasteiger partial charge in [-0.2, -0.15) is 0 Å². The van der Waals surface area contributed by atoms with Crippen molar-refractivity contribution in [3.63, 3.8) is 0 Å². The molecule has 0 saturated carbocycles. The summed E-state index contributed by atoms with van der Waals surface area (Å²) in [5.41, 5.74) is 11.4. The second-order valence-electron chi connectivity index (χ2n) is 3.52. The smallest absolute Gasteiger partial charge is 0.120 e. The highest BCUT2D eigenvalue weighted by molar-refractivity contribution is 5.54. The summed E-state index contributed by atoms with van der Waals surface area (Å²) < 4.78 is 0. The van der Waals surface area contributed by atoms with Crippen LogP contribution in [0.1, 0.15) is 20.8 Å². The van der Waals surface area contributed by atoms with Crippen LogP contribution in [0, 0.1) is 0 Å². The van der Waals surface area contributed by atoms with Gasteiger partial charge in [-0.05, 0) is 33.2 Å². The van der Waals surface area contributed by atoms with Gasteiger partial charge in [-0.15, -0.1) is 0 Å². The molecule has 0 bridgehead atoms. The molecule has 0 heterocycles. The molecule has 16 heavy (non-hydrogen) atoms. The van der Waals surface area contributed by atoms with E-state index >= 15 is 0 Å². The maximum atomic E-state index is 5.87. The normalized spacial score (nSPS) is 18.1. The Labute approximate surface area is 97.6 Å². The van der Waals surface area contributed by atoms with Crippen molar-refractivity contribution < 1.29 is 0 Å². The van der Waals surface area contributed by atoms with Crippen molar-refractivity contribution in [1.82, 2.24) is 10.6 Å². The topological polar surface area (TPSA) is 101 Å². The fourth-order valence-corrected chi connectivity index (χ4v) is 1.15. The molecular weight excluding hydrogens is 204 g/mol. The summed E-state index contributed by atoms with van der Waals surface area (Å²) in [5, 5.41) is 6.20. The van der Waals surface area contributed by atoms with Gasteiger partial charge >= 0.3 is 0 Å². The van der Waals surface area contributed by atoms with Gasteiger partial charge in [-0.25, -0.2) is 0 Å². The molecule has 3 unspecified atom stereocenters. The fraction of sp³-hybridized carbons (Fsp3) is 0.800. The monoisotopic (exact) mass is 228 g/mol. The predicted octanol–water partition coefficient (Wildman–Crippen LogP) is -0.737. The molecule has 0 rings (SSSR count). The lowest BCUT2D eigenvalue weighted by atomic mass is 10.4. The third-order valence-corrected chi connectivity index (χ3v) is 1.86. The summed E-state index contributed by atoms with van der Waals surface area (Å²) in [7, 11) is 0. The molecule has 6 heteroatoms. The first-order valence-corrected chi connectivity index (χ1v) is 5.53. The second kappa shape index (κ2) is 9.41. The van der Waals surface area contributed by atoms with E-state index in [0.29, 0.717) is 13.1 Å². The van der Waals surface area contributed by atoms with Crippen LogP contribution in [-0.2, 0) is 0 Å². The van der Waals surface area contributed by atoms with Crippen molar-refractivity contribution in [2.75, 3.05) is 13.1 Å². The molecule has 0 amide bonds. The highest BCUT2D eigenvalue weighted by Gasteiger charge is 2.09. The van der Waals surface area contributed by atoms with Gasteiger partial charge in [0.2, 0.25) is 0 Å². The Morgan fingerprint density at radius 3 is 2.44 bits per heavy atom. The summed E-state index contributed by atoms with van der Waals surface area (Å²) in [6.45, 7) is 6.81. The minimum atomic E-state index is -0.188. The molecule has 3 atom stereocenters. The summed E-state index contributed by atoms with van der Waals surface area (Å²) >= 11 is 0. The van der Waals surface area contributed by atoms with Crippen molar-refractivity contribution >= 4 is 12.4 Å². The van der Waals surface area contributed by atoms with E-state index < -0.39 is 0 Å². The van der Waals surface area contributed by atoms with E-state index in [-0.39, 0.29) is 18.5 Å². The molecule has 0 aliphatic rings. The zero-order valence-corrected chi connectivity index (χ0v) is 10.4. The highest BCUT2D eigenvalue weighted by atomic mass is 15.2. The average molecular weight is 228 g/mol. The number of rotatable bonds is 8. The van der Waals surface area contributed by atoms with Crippen LogP contribution >= 0.6 is 0 Å². The largest absolute Gasteiger partial charge is 0.316 e. The first-order chi connectivity index (χ1) is 7.60. The van der Waals surface area contributed by atoms with Gasteiger partial charge in [-0.1, -0.05) is 0 Å². The SMILES string of the molecule is CC=NCC(N=CC)NC(N)CNC(C)N. The lowest BCUT2D eigenvalue weighted by Crippen LogP contribution is -2.52. The summed E-state index contributed by atoms with van der Waals surface area (Å²) in [4.78, 5) is 8.38. The van der Waals surface area contributed by atoms with Crippen molar-refractivity contribution in [2.45, 2.75) is 39.3 Å². The maximum Gasteiger partial charge on any atom is 0.120 e. The molecule has 0 aromatic heterocycles. The van der Waals surface area contributed by atoms with E-state index in [1.54, 1.807) is 12.4 Å². The number of aliphatic imine (C=N–C) groups is 2. The minimum absolute atomic E-state index is 0.0605. The third-order valence-electron chi connectivity index (χ3n) is 1.86. The van der Waals surface area contributed by atoms with E-state index in [0.717, 1.165) is 0 Å². The number of nitrogens with one attached hydrogen (secondary N) is 2. The lowest BCUT2D eigenvalue weighted by Gasteiger charge is -2.20. The zero-order valence-electron chi connectivity index (χ0n) is 10.4. The quantitative estimate of drug-likeness (QED) is 0.325. The predicted molar refractivity (Wildman–Crippen MR) is 69.8 cm³/mol. The maximum absolute atomic E-state index is 5.87. The van der Waals surface area contributed by atoms with Gasteiger partial charge in [0.15, 0.2) is 0 Å². The Balaban J connectivity index is 3.96. The van der Waals surface area contributed by atoms with Gasteiger partial charge in [-0.3, -0.25) is 20.6 Å². The van der Waals surface area contributed by atoms with Crippen LogP contribution in [0.3, 0.4) is 0 Å². The van der Waals surface area contributed by atoms with Crippen LogP contribution < -0.4 is 22.1 Å².